The molecular formula is C18H17NO7S. The maximum absolute atomic E-state index is 11.7. The van der Waals surface area contributed by atoms with Gasteiger partial charge in [-0.05, 0) is 48.0 Å². The van der Waals surface area contributed by atoms with E-state index in [-0.39, 0.29) is 24.9 Å². The fraction of sp³-hybridized carbons (Fsp3) is 0.167. The minimum atomic E-state index is -3.74. The van der Waals surface area contributed by atoms with Crippen molar-refractivity contribution >= 4 is 22.1 Å². The normalized spacial score (nSPS) is 12.9. The molecule has 0 bridgehead atoms. The molecule has 1 aliphatic rings. The summed E-state index contributed by atoms with van der Waals surface area (Å²) in [6.07, 6.45) is 2.91. The van der Waals surface area contributed by atoms with Crippen LogP contribution in [0.3, 0.4) is 0 Å². The lowest BCUT2D eigenvalue weighted by Crippen LogP contribution is -2.12. The fourth-order valence-electron chi connectivity index (χ4n) is 2.26. The van der Waals surface area contributed by atoms with Gasteiger partial charge in [0.15, 0.2) is 11.5 Å². The largest absolute Gasteiger partial charge is 0.490 e. The zero-order valence-corrected chi connectivity index (χ0v) is 15.0. The zero-order chi connectivity index (χ0) is 19.3. The first-order chi connectivity index (χ1) is 12.9. The van der Waals surface area contributed by atoms with Crippen LogP contribution < -0.4 is 19.3 Å². The van der Waals surface area contributed by atoms with Crippen LogP contribution in [0.4, 0.5) is 0 Å². The summed E-state index contributed by atoms with van der Waals surface area (Å²) in [7, 11) is -3.74. The van der Waals surface area contributed by atoms with Gasteiger partial charge in [-0.3, -0.25) is 0 Å². The van der Waals surface area contributed by atoms with Gasteiger partial charge in [0.2, 0.25) is 16.8 Å². The van der Waals surface area contributed by atoms with Crippen LogP contribution in [0.15, 0.2) is 53.4 Å². The predicted octanol–water partition coefficient (Wildman–Crippen LogP) is 1.70. The van der Waals surface area contributed by atoms with Crippen molar-refractivity contribution in [2.24, 2.45) is 5.14 Å². The van der Waals surface area contributed by atoms with Crippen LogP contribution in [-0.4, -0.2) is 34.4 Å². The third kappa shape index (κ3) is 5.22. The zero-order valence-electron chi connectivity index (χ0n) is 14.2. The SMILES string of the molecule is NS(=O)(=O)c1ccc(OCCOC(=O)/C=C/c2ccc3c(c2)OCO3)cc1. The summed E-state index contributed by atoms with van der Waals surface area (Å²) < 4.78 is 43.2. The molecule has 0 fully saturated rings. The number of hydrogen-bond donors (Lipinski definition) is 1. The monoisotopic (exact) mass is 391 g/mol. The Hall–Kier alpha value is -3.04. The lowest BCUT2D eigenvalue weighted by Gasteiger charge is -2.07. The number of benzene rings is 2. The predicted molar refractivity (Wildman–Crippen MR) is 95.9 cm³/mol. The number of esters is 1. The van der Waals surface area contributed by atoms with Gasteiger partial charge in [-0.15, -0.1) is 0 Å². The van der Waals surface area contributed by atoms with Crippen molar-refractivity contribution in [3.8, 4) is 17.2 Å². The molecule has 0 aliphatic carbocycles. The van der Waals surface area contributed by atoms with E-state index in [1.165, 1.54) is 30.3 Å². The van der Waals surface area contributed by atoms with E-state index in [0.29, 0.717) is 17.2 Å². The van der Waals surface area contributed by atoms with E-state index in [2.05, 4.69) is 0 Å². The molecular weight excluding hydrogens is 374 g/mol. The molecule has 9 heteroatoms. The van der Waals surface area contributed by atoms with E-state index in [0.717, 1.165) is 5.56 Å². The second kappa shape index (κ2) is 8.11. The maximum Gasteiger partial charge on any atom is 0.330 e. The molecule has 0 saturated heterocycles. The Bertz CT molecular complexity index is 952. The average Bonchev–Trinajstić information content (AvgIpc) is 3.11. The Morgan fingerprint density at radius 2 is 1.81 bits per heavy atom. The quantitative estimate of drug-likeness (QED) is 0.434. The number of primary sulfonamides is 1. The molecule has 1 heterocycles. The Kier molecular flexibility index (Phi) is 5.63. The van der Waals surface area contributed by atoms with Gasteiger partial charge < -0.3 is 18.9 Å². The van der Waals surface area contributed by atoms with Gasteiger partial charge in [-0.2, -0.15) is 0 Å². The molecule has 0 atom stereocenters. The molecule has 0 aromatic heterocycles. The lowest BCUT2D eigenvalue weighted by molar-refractivity contribution is -0.138. The van der Waals surface area contributed by atoms with E-state index in [1.807, 2.05) is 0 Å². The van der Waals surface area contributed by atoms with E-state index in [9.17, 15) is 13.2 Å². The van der Waals surface area contributed by atoms with E-state index in [1.54, 1.807) is 24.3 Å². The number of ether oxygens (including phenoxy) is 4. The molecule has 2 aromatic rings. The first-order valence-electron chi connectivity index (χ1n) is 7.92. The van der Waals surface area contributed by atoms with E-state index in [4.69, 9.17) is 24.1 Å². The van der Waals surface area contributed by atoms with Crippen LogP contribution in [0.25, 0.3) is 6.08 Å². The van der Waals surface area contributed by atoms with Crippen LogP contribution in [0.1, 0.15) is 5.56 Å². The molecule has 142 valence electrons. The van der Waals surface area contributed by atoms with Gasteiger partial charge in [0, 0.05) is 6.08 Å². The summed E-state index contributed by atoms with van der Waals surface area (Å²) >= 11 is 0. The highest BCUT2D eigenvalue weighted by atomic mass is 32.2. The van der Waals surface area contributed by atoms with Gasteiger partial charge in [0.1, 0.15) is 19.0 Å². The summed E-state index contributed by atoms with van der Waals surface area (Å²) in [5.41, 5.74) is 0.780. The number of hydrogen-bond acceptors (Lipinski definition) is 7. The summed E-state index contributed by atoms with van der Waals surface area (Å²) in [6.45, 7) is 0.356. The minimum absolute atomic E-state index is 0.00469. The van der Waals surface area contributed by atoms with Crippen molar-refractivity contribution in [1.29, 1.82) is 0 Å². The lowest BCUT2D eigenvalue weighted by atomic mass is 10.2. The third-order valence-electron chi connectivity index (χ3n) is 3.56. The highest BCUT2D eigenvalue weighted by Crippen LogP contribution is 2.32. The highest BCUT2D eigenvalue weighted by Gasteiger charge is 2.12. The number of sulfonamides is 1. The molecule has 0 unspecified atom stereocenters. The van der Waals surface area contributed by atoms with Crippen molar-refractivity contribution in [3.05, 3.63) is 54.1 Å². The molecule has 8 nitrogen and oxygen atoms in total. The van der Waals surface area contributed by atoms with Crippen molar-refractivity contribution < 1.29 is 32.2 Å². The number of nitrogens with two attached hydrogens (primary N) is 1. The number of carbonyl (C=O) groups is 1. The molecule has 1 aliphatic heterocycles. The van der Waals surface area contributed by atoms with Crippen molar-refractivity contribution in [1.82, 2.24) is 0 Å². The second-order valence-corrected chi connectivity index (χ2v) is 7.04. The Balaban J connectivity index is 1.42. The molecule has 0 spiro atoms. The average molecular weight is 391 g/mol. The molecule has 0 amide bonds. The van der Waals surface area contributed by atoms with Gasteiger partial charge in [0.05, 0.1) is 4.90 Å². The molecule has 0 saturated carbocycles. The molecule has 2 aromatic carbocycles. The molecule has 0 radical (unpaired) electrons. The van der Waals surface area contributed by atoms with Crippen LogP contribution in [0.2, 0.25) is 0 Å². The highest BCUT2D eigenvalue weighted by molar-refractivity contribution is 7.89. The van der Waals surface area contributed by atoms with Crippen molar-refractivity contribution in [3.63, 3.8) is 0 Å². The fourth-order valence-corrected chi connectivity index (χ4v) is 2.77. The summed E-state index contributed by atoms with van der Waals surface area (Å²) in [6, 6.07) is 11.0. The van der Waals surface area contributed by atoms with Gasteiger partial charge in [-0.25, -0.2) is 18.4 Å². The van der Waals surface area contributed by atoms with Crippen molar-refractivity contribution in [2.45, 2.75) is 4.90 Å². The number of fused-ring (bicyclic) bond motifs is 1. The Morgan fingerprint density at radius 1 is 1.07 bits per heavy atom. The Labute approximate surface area is 156 Å². The maximum atomic E-state index is 11.7. The van der Waals surface area contributed by atoms with E-state index < -0.39 is 16.0 Å². The van der Waals surface area contributed by atoms with Crippen LogP contribution in [0, 0.1) is 0 Å². The van der Waals surface area contributed by atoms with E-state index >= 15 is 0 Å². The standard InChI is InChI=1S/C18H17NO7S/c19-27(21,22)15-5-3-14(4-6-15)23-9-10-24-18(20)8-2-13-1-7-16-17(11-13)26-12-25-16/h1-8,11H,9-10,12H2,(H2,19,21,22)/b8-2+. The smallest absolute Gasteiger partial charge is 0.330 e. The van der Waals surface area contributed by atoms with Crippen molar-refractivity contribution in [2.75, 3.05) is 20.0 Å². The van der Waals surface area contributed by atoms with Crippen LogP contribution >= 0.6 is 0 Å². The molecule has 3 rings (SSSR count). The number of carbonyl (C=O) groups excluding carboxylic acids is 1. The first kappa shape index (κ1) is 18.7. The summed E-state index contributed by atoms with van der Waals surface area (Å²) in [4.78, 5) is 11.7. The first-order valence-corrected chi connectivity index (χ1v) is 9.46. The number of rotatable bonds is 7. The van der Waals surface area contributed by atoms with Crippen LogP contribution in [0.5, 0.6) is 17.2 Å². The van der Waals surface area contributed by atoms with Crippen LogP contribution in [-0.2, 0) is 19.6 Å². The van der Waals surface area contributed by atoms with Gasteiger partial charge in [-0.1, -0.05) is 6.07 Å². The molecule has 27 heavy (non-hydrogen) atoms. The summed E-state index contributed by atoms with van der Waals surface area (Å²) in [5, 5.41) is 5.01. The second-order valence-electron chi connectivity index (χ2n) is 5.48. The Morgan fingerprint density at radius 3 is 2.56 bits per heavy atom. The topological polar surface area (TPSA) is 114 Å². The van der Waals surface area contributed by atoms with Gasteiger partial charge >= 0.3 is 5.97 Å². The molecule has 2 N–H and O–H groups in total. The third-order valence-corrected chi connectivity index (χ3v) is 4.49. The minimum Gasteiger partial charge on any atom is -0.490 e. The van der Waals surface area contributed by atoms with Gasteiger partial charge in [0.25, 0.3) is 0 Å². The summed E-state index contributed by atoms with van der Waals surface area (Å²) in [5.74, 6) is 1.23.